The van der Waals surface area contributed by atoms with Crippen LogP contribution in [-0.4, -0.2) is 25.7 Å². The minimum absolute atomic E-state index is 0.211. The fraction of sp³-hybridized carbons (Fsp3) is 0.400. The molecule has 1 aromatic carbocycles. The van der Waals surface area contributed by atoms with E-state index in [-0.39, 0.29) is 11.3 Å². The molecule has 0 fully saturated rings. The number of allylic oxidation sites excluding steroid dienone is 4. The summed E-state index contributed by atoms with van der Waals surface area (Å²) in [5.41, 5.74) is 2.30. The molecule has 31 heavy (non-hydrogen) atoms. The SMILES string of the molecule is C=C(/C=C(/C=C\C=C/F)C(=O)OCCCCCC)c1ccc(N(CC)CC)cc1N=O. The second kappa shape index (κ2) is 14.9. The summed E-state index contributed by atoms with van der Waals surface area (Å²) in [6, 6.07) is 5.37. The molecule has 0 radical (unpaired) electrons. The third-order valence-corrected chi connectivity index (χ3v) is 4.81. The minimum atomic E-state index is -0.526. The number of unbranched alkanes of at least 4 members (excludes halogenated alkanes) is 3. The minimum Gasteiger partial charge on any atom is -0.462 e. The lowest BCUT2D eigenvalue weighted by molar-refractivity contribution is -0.138. The molecule has 0 saturated heterocycles. The van der Waals surface area contributed by atoms with E-state index in [1.165, 1.54) is 24.3 Å². The van der Waals surface area contributed by atoms with Crippen molar-refractivity contribution in [2.45, 2.75) is 46.5 Å². The molecular weight excluding hydrogens is 395 g/mol. The van der Waals surface area contributed by atoms with E-state index < -0.39 is 5.97 Å². The molecule has 1 rings (SSSR count). The van der Waals surface area contributed by atoms with Crippen LogP contribution in [0, 0.1) is 4.91 Å². The molecule has 0 heterocycles. The topological polar surface area (TPSA) is 59.0 Å². The van der Waals surface area contributed by atoms with E-state index in [0.29, 0.717) is 24.1 Å². The van der Waals surface area contributed by atoms with Crippen LogP contribution in [-0.2, 0) is 9.53 Å². The number of nitroso groups, excluding NO2 is 1. The molecule has 0 bridgehead atoms. The second-order valence-electron chi connectivity index (χ2n) is 6.96. The van der Waals surface area contributed by atoms with Crippen molar-refractivity contribution in [3.05, 3.63) is 71.5 Å². The first-order chi connectivity index (χ1) is 15.0. The van der Waals surface area contributed by atoms with Gasteiger partial charge in [0.1, 0.15) is 5.69 Å². The fourth-order valence-electron chi connectivity index (χ4n) is 3.07. The molecule has 0 unspecified atom stereocenters. The van der Waals surface area contributed by atoms with Crippen molar-refractivity contribution in [2.24, 2.45) is 5.18 Å². The average Bonchev–Trinajstić information content (AvgIpc) is 2.78. The molecule has 0 aromatic heterocycles. The summed E-state index contributed by atoms with van der Waals surface area (Å²) in [5, 5.41) is 3.15. The van der Waals surface area contributed by atoms with E-state index >= 15 is 0 Å². The third kappa shape index (κ3) is 8.70. The van der Waals surface area contributed by atoms with Crippen molar-refractivity contribution >= 4 is 22.9 Å². The Morgan fingerprint density at radius 3 is 2.52 bits per heavy atom. The predicted octanol–water partition coefficient (Wildman–Crippen LogP) is 7.03. The Hall–Kier alpha value is -3.02. The summed E-state index contributed by atoms with van der Waals surface area (Å²) in [5.74, 6) is -0.526. The highest BCUT2D eigenvalue weighted by Crippen LogP contribution is 2.31. The van der Waals surface area contributed by atoms with Gasteiger partial charge in [0.05, 0.1) is 18.5 Å². The van der Waals surface area contributed by atoms with Crippen LogP contribution in [0.4, 0.5) is 15.8 Å². The monoisotopic (exact) mass is 428 g/mol. The predicted molar refractivity (Wildman–Crippen MR) is 127 cm³/mol. The Morgan fingerprint density at radius 1 is 1.16 bits per heavy atom. The summed E-state index contributed by atoms with van der Waals surface area (Å²) in [6.07, 6.45) is 9.88. The number of halogens is 1. The zero-order chi connectivity index (χ0) is 23.1. The summed E-state index contributed by atoms with van der Waals surface area (Å²) in [4.78, 5) is 26.1. The van der Waals surface area contributed by atoms with Crippen LogP contribution in [0.15, 0.2) is 66.2 Å². The van der Waals surface area contributed by atoms with Crippen molar-refractivity contribution in [1.82, 2.24) is 0 Å². The number of hydrogen-bond donors (Lipinski definition) is 0. The van der Waals surface area contributed by atoms with Crippen LogP contribution in [0.1, 0.15) is 52.0 Å². The van der Waals surface area contributed by atoms with Gasteiger partial charge in [0.25, 0.3) is 0 Å². The normalized spacial score (nSPS) is 11.8. The smallest absolute Gasteiger partial charge is 0.338 e. The molecule has 1 aromatic rings. The first kappa shape index (κ1) is 26.0. The lowest BCUT2D eigenvalue weighted by atomic mass is 10.0. The summed E-state index contributed by atoms with van der Waals surface area (Å²) in [6.45, 7) is 12.1. The Kier molecular flexibility index (Phi) is 12.5. The number of esters is 1. The summed E-state index contributed by atoms with van der Waals surface area (Å²) in [7, 11) is 0. The fourth-order valence-corrected chi connectivity index (χ4v) is 3.07. The van der Waals surface area contributed by atoms with Gasteiger partial charge in [-0.15, -0.1) is 4.91 Å². The van der Waals surface area contributed by atoms with Gasteiger partial charge in [-0.25, -0.2) is 9.18 Å². The Labute approximate surface area is 185 Å². The molecule has 0 spiro atoms. The zero-order valence-corrected chi connectivity index (χ0v) is 18.8. The number of nitrogens with zero attached hydrogens (tertiary/aromatic N) is 2. The Morgan fingerprint density at radius 2 is 1.90 bits per heavy atom. The van der Waals surface area contributed by atoms with Gasteiger partial charge in [0.2, 0.25) is 0 Å². The van der Waals surface area contributed by atoms with Crippen molar-refractivity contribution < 1.29 is 13.9 Å². The van der Waals surface area contributed by atoms with Gasteiger partial charge >= 0.3 is 5.97 Å². The standard InChI is InChI=1S/C25H33FN2O3/c1-5-8-9-12-17-31-25(29)21(13-10-11-16-26)18-20(4)23-15-14-22(19-24(23)27-30)28(6-2)7-3/h10-11,13-16,18-19H,4-9,12,17H2,1-3H3/b13-10-,16-11-,21-18-. The second-order valence-corrected chi connectivity index (χ2v) is 6.96. The van der Waals surface area contributed by atoms with Crippen LogP contribution >= 0.6 is 0 Å². The Bertz CT molecular complexity index is 824. The van der Waals surface area contributed by atoms with Crippen LogP contribution in [0.25, 0.3) is 5.57 Å². The van der Waals surface area contributed by atoms with Gasteiger partial charge in [0, 0.05) is 24.3 Å². The van der Waals surface area contributed by atoms with Crippen molar-refractivity contribution in [3.8, 4) is 0 Å². The number of hydrogen-bond acceptors (Lipinski definition) is 5. The molecular formula is C25H33FN2O3. The maximum atomic E-state index is 12.5. The Balaban J connectivity index is 3.12. The quantitative estimate of drug-likeness (QED) is 0.105. The number of carbonyl (C=O) groups is 1. The van der Waals surface area contributed by atoms with Gasteiger partial charge in [-0.05, 0) is 61.4 Å². The van der Waals surface area contributed by atoms with E-state index in [0.717, 1.165) is 44.5 Å². The molecule has 0 atom stereocenters. The van der Waals surface area contributed by atoms with E-state index in [9.17, 15) is 14.1 Å². The first-order valence-electron chi connectivity index (χ1n) is 10.8. The van der Waals surface area contributed by atoms with E-state index in [4.69, 9.17) is 4.74 Å². The molecule has 168 valence electrons. The van der Waals surface area contributed by atoms with Gasteiger partial charge in [0.15, 0.2) is 0 Å². The summed E-state index contributed by atoms with van der Waals surface area (Å²) < 4.78 is 17.7. The highest BCUT2D eigenvalue weighted by atomic mass is 19.1. The molecule has 0 aliphatic carbocycles. The largest absolute Gasteiger partial charge is 0.462 e. The van der Waals surface area contributed by atoms with Gasteiger partial charge in [-0.2, -0.15) is 0 Å². The lowest BCUT2D eigenvalue weighted by Gasteiger charge is -2.21. The van der Waals surface area contributed by atoms with Gasteiger partial charge < -0.3 is 9.64 Å². The highest BCUT2D eigenvalue weighted by Gasteiger charge is 2.13. The van der Waals surface area contributed by atoms with Crippen molar-refractivity contribution in [1.29, 1.82) is 0 Å². The molecule has 0 aliphatic rings. The number of benzene rings is 1. The van der Waals surface area contributed by atoms with E-state index in [1.54, 1.807) is 12.1 Å². The first-order valence-corrected chi connectivity index (χ1v) is 10.8. The van der Waals surface area contributed by atoms with Crippen molar-refractivity contribution in [3.63, 3.8) is 0 Å². The molecule has 6 heteroatoms. The molecule has 5 nitrogen and oxygen atoms in total. The lowest BCUT2D eigenvalue weighted by Crippen LogP contribution is -2.21. The molecule has 0 aliphatic heterocycles. The van der Waals surface area contributed by atoms with Crippen LogP contribution < -0.4 is 4.90 Å². The molecule has 0 N–H and O–H groups in total. The average molecular weight is 429 g/mol. The molecule has 0 amide bonds. The van der Waals surface area contributed by atoms with E-state index in [2.05, 4.69) is 23.6 Å². The number of rotatable bonds is 14. The maximum Gasteiger partial charge on any atom is 0.338 e. The molecule has 0 saturated carbocycles. The van der Waals surface area contributed by atoms with Crippen LogP contribution in [0.3, 0.4) is 0 Å². The highest BCUT2D eigenvalue weighted by molar-refractivity contribution is 5.96. The van der Waals surface area contributed by atoms with Gasteiger partial charge in [-0.3, -0.25) is 0 Å². The van der Waals surface area contributed by atoms with E-state index in [1.807, 2.05) is 19.9 Å². The van der Waals surface area contributed by atoms with Crippen LogP contribution in [0.2, 0.25) is 0 Å². The number of ether oxygens (including phenoxy) is 1. The summed E-state index contributed by atoms with van der Waals surface area (Å²) >= 11 is 0. The number of anilines is 1. The third-order valence-electron chi connectivity index (χ3n) is 4.81. The zero-order valence-electron chi connectivity index (χ0n) is 18.8. The van der Waals surface area contributed by atoms with Crippen molar-refractivity contribution in [2.75, 3.05) is 24.6 Å². The number of carbonyl (C=O) groups excluding carboxylic acids is 1. The maximum absolute atomic E-state index is 12.5. The van der Waals surface area contributed by atoms with Gasteiger partial charge in [-0.1, -0.05) is 44.9 Å². The van der Waals surface area contributed by atoms with Crippen LogP contribution in [0.5, 0.6) is 0 Å².